The molecule has 0 atom stereocenters. The Balaban J connectivity index is 1.92. The fourth-order valence-electron chi connectivity index (χ4n) is 3.19. The molecule has 4 aromatic heterocycles. The summed E-state index contributed by atoms with van der Waals surface area (Å²) in [5, 5.41) is 10.5. The van der Waals surface area contributed by atoms with E-state index in [0.29, 0.717) is 28.3 Å². The molecule has 0 aromatic carbocycles. The summed E-state index contributed by atoms with van der Waals surface area (Å²) in [6.45, 7) is 1.86. The Morgan fingerprint density at radius 2 is 1.97 bits per heavy atom. The first kappa shape index (κ1) is 19.3. The molecule has 0 saturated carbocycles. The van der Waals surface area contributed by atoms with Gasteiger partial charge < -0.3 is 19.9 Å². The molecule has 154 valence electrons. The Morgan fingerprint density at radius 1 is 1.17 bits per heavy atom. The monoisotopic (exact) mass is 407 g/mol. The first-order valence-corrected chi connectivity index (χ1v) is 9.13. The fourth-order valence-corrected chi connectivity index (χ4v) is 3.19. The van der Waals surface area contributed by atoms with Gasteiger partial charge in [0, 0.05) is 33.5 Å². The van der Waals surface area contributed by atoms with Crippen molar-refractivity contribution in [2.24, 2.45) is 14.1 Å². The van der Waals surface area contributed by atoms with Crippen LogP contribution in [0.2, 0.25) is 0 Å². The number of rotatable bonds is 5. The Hall–Kier alpha value is -4.02. The summed E-state index contributed by atoms with van der Waals surface area (Å²) in [5.41, 5.74) is 4.15. The number of methoxy groups -OCH3 is 1. The number of carbonyl (C=O) groups excluding carboxylic acids is 1. The highest BCUT2D eigenvalue weighted by atomic mass is 16.5. The number of pyridine rings is 1. The lowest BCUT2D eigenvalue weighted by atomic mass is 10.1. The van der Waals surface area contributed by atoms with Crippen molar-refractivity contribution in [2.45, 2.75) is 6.92 Å². The number of hydrogen-bond acceptors (Lipinski definition) is 9. The number of carbonyl (C=O) groups is 1. The molecule has 0 bridgehead atoms. The zero-order chi connectivity index (χ0) is 21.4. The van der Waals surface area contributed by atoms with Crippen LogP contribution in [0.4, 0.5) is 17.3 Å². The maximum atomic E-state index is 12.5. The number of anilines is 3. The van der Waals surface area contributed by atoms with Crippen molar-refractivity contribution in [3.05, 3.63) is 36.3 Å². The van der Waals surface area contributed by atoms with E-state index in [9.17, 15) is 4.79 Å². The van der Waals surface area contributed by atoms with Gasteiger partial charge in [-0.3, -0.25) is 9.67 Å². The van der Waals surface area contributed by atoms with Crippen LogP contribution in [0.3, 0.4) is 0 Å². The maximum absolute atomic E-state index is 12.5. The summed E-state index contributed by atoms with van der Waals surface area (Å²) in [5.74, 6) is 0.107. The van der Waals surface area contributed by atoms with Crippen molar-refractivity contribution < 1.29 is 9.53 Å². The summed E-state index contributed by atoms with van der Waals surface area (Å²) in [6.07, 6.45) is 6.87. The highest BCUT2D eigenvalue weighted by Crippen LogP contribution is 2.32. The van der Waals surface area contributed by atoms with Crippen molar-refractivity contribution in [3.63, 3.8) is 0 Å². The molecule has 0 radical (unpaired) electrons. The van der Waals surface area contributed by atoms with Gasteiger partial charge in [-0.1, -0.05) is 0 Å². The van der Waals surface area contributed by atoms with Gasteiger partial charge in [0.05, 0.1) is 42.1 Å². The van der Waals surface area contributed by atoms with E-state index < -0.39 is 5.97 Å². The van der Waals surface area contributed by atoms with Crippen molar-refractivity contribution in [2.75, 3.05) is 24.8 Å². The van der Waals surface area contributed by atoms with Crippen LogP contribution in [0.15, 0.2) is 24.9 Å². The molecule has 30 heavy (non-hydrogen) atoms. The number of fused-ring (bicyclic) bond motifs is 1. The van der Waals surface area contributed by atoms with Gasteiger partial charge in [0.15, 0.2) is 17.3 Å². The third-order valence-electron chi connectivity index (χ3n) is 4.67. The van der Waals surface area contributed by atoms with Crippen molar-refractivity contribution in [1.82, 2.24) is 34.3 Å². The van der Waals surface area contributed by atoms with Gasteiger partial charge in [0.1, 0.15) is 11.2 Å². The van der Waals surface area contributed by atoms with Gasteiger partial charge in [-0.15, -0.1) is 0 Å². The van der Waals surface area contributed by atoms with Crippen molar-refractivity contribution >= 4 is 34.3 Å². The molecule has 0 fully saturated rings. The number of nitrogens with one attached hydrogen (secondary N) is 2. The fraction of sp³-hybridized carbons (Fsp3) is 0.263. The molecule has 0 aliphatic carbocycles. The molecule has 4 heterocycles. The van der Waals surface area contributed by atoms with E-state index in [2.05, 4.69) is 35.7 Å². The minimum absolute atomic E-state index is 0.0442. The zero-order valence-corrected chi connectivity index (χ0v) is 17.3. The number of aryl methyl sites for hydroxylation is 3. The summed E-state index contributed by atoms with van der Waals surface area (Å²) in [6, 6.07) is 0. The van der Waals surface area contributed by atoms with Gasteiger partial charge in [-0.2, -0.15) is 5.10 Å². The Bertz CT molecular complexity index is 1260. The van der Waals surface area contributed by atoms with E-state index >= 15 is 0 Å². The molecule has 2 N–H and O–H groups in total. The molecule has 0 saturated heterocycles. The Morgan fingerprint density at radius 3 is 2.63 bits per heavy atom. The first-order valence-electron chi connectivity index (χ1n) is 9.13. The Kier molecular flexibility index (Phi) is 4.78. The van der Waals surface area contributed by atoms with Crippen LogP contribution in [0.5, 0.6) is 0 Å². The molecule has 11 nitrogen and oxygen atoms in total. The molecule has 0 unspecified atom stereocenters. The number of imidazole rings is 1. The standard InChI is InChI=1S/C19H21N9O2/c1-10-12(8-28(4)26-10)23-18-16(19(29)30-5)24-15(17(20-2)25-18)11-6-21-7-13-14(11)22-9-27(13)3/h6-9H,1-5H3,(H2,20,23,25). The largest absolute Gasteiger partial charge is 0.464 e. The summed E-state index contributed by atoms with van der Waals surface area (Å²) in [4.78, 5) is 30.5. The number of aromatic nitrogens is 7. The number of esters is 1. The molecule has 0 aliphatic rings. The van der Waals surface area contributed by atoms with Crippen LogP contribution >= 0.6 is 0 Å². The van der Waals surface area contributed by atoms with Crippen LogP contribution in [0.1, 0.15) is 16.2 Å². The predicted octanol–water partition coefficient (Wildman–Crippen LogP) is 2.04. The van der Waals surface area contributed by atoms with Crippen LogP contribution in [0, 0.1) is 6.92 Å². The second-order valence-corrected chi connectivity index (χ2v) is 6.70. The van der Waals surface area contributed by atoms with Crippen molar-refractivity contribution in [3.8, 4) is 11.3 Å². The summed E-state index contributed by atoms with van der Waals surface area (Å²) >= 11 is 0. The van der Waals surface area contributed by atoms with E-state index in [0.717, 1.165) is 11.2 Å². The van der Waals surface area contributed by atoms with Gasteiger partial charge in [-0.05, 0) is 6.92 Å². The average Bonchev–Trinajstić information content (AvgIpc) is 3.28. The maximum Gasteiger partial charge on any atom is 0.360 e. The highest BCUT2D eigenvalue weighted by Gasteiger charge is 2.23. The van der Waals surface area contributed by atoms with E-state index in [1.165, 1.54) is 7.11 Å². The SMILES string of the molecule is CNc1nc(Nc2cn(C)nc2C)c(C(=O)OC)nc1-c1cncc2c1ncn2C. The lowest BCUT2D eigenvalue weighted by Crippen LogP contribution is -2.13. The van der Waals surface area contributed by atoms with E-state index in [4.69, 9.17) is 4.74 Å². The third-order valence-corrected chi connectivity index (χ3v) is 4.67. The molecule has 4 aromatic rings. The van der Waals surface area contributed by atoms with E-state index in [1.807, 2.05) is 25.6 Å². The van der Waals surface area contributed by atoms with Gasteiger partial charge in [-0.25, -0.2) is 19.7 Å². The smallest absolute Gasteiger partial charge is 0.360 e. The zero-order valence-electron chi connectivity index (χ0n) is 17.3. The molecule has 0 amide bonds. The predicted molar refractivity (Wildman–Crippen MR) is 112 cm³/mol. The third kappa shape index (κ3) is 3.19. The summed E-state index contributed by atoms with van der Waals surface area (Å²) < 4.78 is 8.48. The first-order chi connectivity index (χ1) is 14.4. The van der Waals surface area contributed by atoms with Gasteiger partial charge in [0.25, 0.3) is 0 Å². The van der Waals surface area contributed by atoms with Gasteiger partial charge in [0.2, 0.25) is 0 Å². The normalized spacial score (nSPS) is 11.0. The minimum atomic E-state index is -0.614. The van der Waals surface area contributed by atoms with Gasteiger partial charge >= 0.3 is 5.97 Å². The molecular weight excluding hydrogens is 386 g/mol. The second kappa shape index (κ2) is 7.43. The van der Waals surface area contributed by atoms with Crippen LogP contribution in [0.25, 0.3) is 22.3 Å². The second-order valence-electron chi connectivity index (χ2n) is 6.70. The average molecular weight is 407 g/mol. The Labute approximate surface area is 172 Å². The van der Waals surface area contributed by atoms with Crippen LogP contribution in [-0.4, -0.2) is 54.4 Å². The summed E-state index contributed by atoms with van der Waals surface area (Å²) in [7, 11) is 6.73. The lowest BCUT2D eigenvalue weighted by Gasteiger charge is -2.14. The number of ether oxygens (including phenoxy) is 1. The van der Waals surface area contributed by atoms with E-state index in [-0.39, 0.29) is 11.5 Å². The molecular formula is C19H21N9O2. The van der Waals surface area contributed by atoms with Crippen LogP contribution in [-0.2, 0) is 18.8 Å². The molecule has 4 rings (SSSR count). The molecule has 0 aliphatic heterocycles. The number of hydrogen-bond donors (Lipinski definition) is 2. The lowest BCUT2D eigenvalue weighted by molar-refractivity contribution is 0.0595. The van der Waals surface area contributed by atoms with Crippen molar-refractivity contribution in [1.29, 1.82) is 0 Å². The van der Waals surface area contributed by atoms with E-state index in [1.54, 1.807) is 36.6 Å². The highest BCUT2D eigenvalue weighted by molar-refractivity contribution is 5.98. The topological polar surface area (TPSA) is 125 Å². The van der Waals surface area contributed by atoms with Crippen LogP contribution < -0.4 is 10.6 Å². The minimum Gasteiger partial charge on any atom is -0.464 e. The molecule has 11 heteroatoms. The molecule has 0 spiro atoms. The quantitative estimate of drug-likeness (QED) is 0.478. The number of nitrogens with zero attached hydrogens (tertiary/aromatic N) is 7.